The Morgan fingerprint density at radius 3 is 2.67 bits per heavy atom. The van der Waals surface area contributed by atoms with Crippen molar-refractivity contribution in [3.05, 3.63) is 58.6 Å². The first kappa shape index (κ1) is 12.5. The molecular formula is C15H12ClNO. The molecule has 0 aliphatic carbocycles. The molecule has 0 amide bonds. The van der Waals surface area contributed by atoms with Gasteiger partial charge in [-0.05, 0) is 30.2 Å². The van der Waals surface area contributed by atoms with Crippen LogP contribution in [-0.4, -0.2) is 0 Å². The van der Waals surface area contributed by atoms with Crippen LogP contribution in [0.4, 0.5) is 0 Å². The van der Waals surface area contributed by atoms with Crippen molar-refractivity contribution < 1.29 is 4.74 Å². The Bertz CT molecular complexity index is 602. The van der Waals surface area contributed by atoms with E-state index in [1.54, 1.807) is 18.2 Å². The van der Waals surface area contributed by atoms with Crippen LogP contribution in [0.3, 0.4) is 0 Å². The van der Waals surface area contributed by atoms with Crippen molar-refractivity contribution in [1.82, 2.24) is 0 Å². The summed E-state index contributed by atoms with van der Waals surface area (Å²) in [6.07, 6.45) is 0.874. The average molecular weight is 258 g/mol. The summed E-state index contributed by atoms with van der Waals surface area (Å²) in [5.41, 5.74) is 1.58. The van der Waals surface area contributed by atoms with Crippen molar-refractivity contribution in [2.24, 2.45) is 0 Å². The molecule has 0 N–H and O–H groups in total. The number of hydrogen-bond acceptors (Lipinski definition) is 2. The van der Waals surface area contributed by atoms with Gasteiger partial charge in [0.05, 0.1) is 5.56 Å². The second-order valence-corrected chi connectivity index (χ2v) is 4.25. The topological polar surface area (TPSA) is 33.0 Å². The molecule has 0 atom stereocenters. The molecule has 2 aromatic rings. The molecule has 0 fully saturated rings. The molecule has 0 heterocycles. The van der Waals surface area contributed by atoms with Crippen LogP contribution in [0.5, 0.6) is 11.5 Å². The standard InChI is InChI=1S/C15H12ClNO/c1-2-11-5-3-4-6-14(11)18-15-9-13(16)8-7-12(15)10-17/h3-9H,2H2,1H3. The van der Waals surface area contributed by atoms with Crippen molar-refractivity contribution in [2.45, 2.75) is 13.3 Å². The first-order valence-electron chi connectivity index (χ1n) is 5.70. The lowest BCUT2D eigenvalue weighted by molar-refractivity contribution is 0.475. The third-order valence-electron chi connectivity index (χ3n) is 2.64. The minimum absolute atomic E-state index is 0.477. The minimum Gasteiger partial charge on any atom is -0.456 e. The lowest BCUT2D eigenvalue weighted by Crippen LogP contribution is -1.92. The minimum atomic E-state index is 0.477. The van der Waals surface area contributed by atoms with Gasteiger partial charge in [0.1, 0.15) is 17.6 Å². The Hall–Kier alpha value is -1.98. The fourth-order valence-electron chi connectivity index (χ4n) is 1.69. The van der Waals surface area contributed by atoms with Gasteiger partial charge < -0.3 is 4.74 Å². The van der Waals surface area contributed by atoms with E-state index in [4.69, 9.17) is 21.6 Å². The highest BCUT2D eigenvalue weighted by molar-refractivity contribution is 6.30. The van der Waals surface area contributed by atoms with E-state index in [-0.39, 0.29) is 0 Å². The first-order valence-corrected chi connectivity index (χ1v) is 6.07. The van der Waals surface area contributed by atoms with Gasteiger partial charge in [-0.15, -0.1) is 0 Å². The number of hydrogen-bond donors (Lipinski definition) is 0. The quantitative estimate of drug-likeness (QED) is 0.807. The van der Waals surface area contributed by atoms with Gasteiger partial charge in [-0.3, -0.25) is 0 Å². The van der Waals surface area contributed by atoms with Gasteiger partial charge in [0.2, 0.25) is 0 Å². The van der Waals surface area contributed by atoms with Crippen LogP contribution >= 0.6 is 11.6 Å². The molecule has 2 rings (SSSR count). The summed E-state index contributed by atoms with van der Waals surface area (Å²) in [4.78, 5) is 0. The number of nitrogens with zero attached hydrogens (tertiary/aromatic N) is 1. The zero-order valence-electron chi connectivity index (χ0n) is 9.98. The molecular weight excluding hydrogens is 246 g/mol. The second kappa shape index (κ2) is 5.57. The van der Waals surface area contributed by atoms with Gasteiger partial charge in [0.15, 0.2) is 0 Å². The lowest BCUT2D eigenvalue weighted by atomic mass is 10.1. The summed E-state index contributed by atoms with van der Waals surface area (Å²) < 4.78 is 5.80. The van der Waals surface area contributed by atoms with Gasteiger partial charge in [-0.25, -0.2) is 0 Å². The van der Waals surface area contributed by atoms with Crippen molar-refractivity contribution in [3.63, 3.8) is 0 Å². The molecule has 2 nitrogen and oxygen atoms in total. The van der Waals surface area contributed by atoms with Crippen LogP contribution in [0.1, 0.15) is 18.1 Å². The average Bonchev–Trinajstić information content (AvgIpc) is 2.40. The summed E-state index contributed by atoms with van der Waals surface area (Å²) in [6.45, 7) is 2.06. The van der Waals surface area contributed by atoms with Crippen LogP contribution in [0.15, 0.2) is 42.5 Å². The molecule has 0 aromatic heterocycles. The number of halogens is 1. The Labute approximate surface area is 111 Å². The van der Waals surface area contributed by atoms with Gasteiger partial charge in [0.25, 0.3) is 0 Å². The maximum atomic E-state index is 9.04. The molecule has 0 spiro atoms. The molecule has 0 radical (unpaired) electrons. The highest BCUT2D eigenvalue weighted by atomic mass is 35.5. The fourth-order valence-corrected chi connectivity index (χ4v) is 1.85. The van der Waals surface area contributed by atoms with E-state index in [2.05, 4.69) is 13.0 Å². The normalized spacial score (nSPS) is 9.83. The van der Waals surface area contributed by atoms with Crippen LogP contribution in [0.25, 0.3) is 0 Å². The Morgan fingerprint density at radius 2 is 1.94 bits per heavy atom. The molecule has 0 aliphatic rings. The third kappa shape index (κ3) is 2.64. The van der Waals surface area contributed by atoms with Crippen LogP contribution in [-0.2, 0) is 6.42 Å². The van der Waals surface area contributed by atoms with Gasteiger partial charge in [0, 0.05) is 11.1 Å². The van der Waals surface area contributed by atoms with E-state index >= 15 is 0 Å². The molecule has 0 saturated carbocycles. The zero-order valence-corrected chi connectivity index (χ0v) is 10.7. The lowest BCUT2D eigenvalue weighted by Gasteiger charge is -2.11. The van der Waals surface area contributed by atoms with E-state index in [1.165, 1.54) is 0 Å². The highest BCUT2D eigenvalue weighted by Gasteiger charge is 2.08. The van der Waals surface area contributed by atoms with Crippen LogP contribution < -0.4 is 4.74 Å². The highest BCUT2D eigenvalue weighted by Crippen LogP contribution is 2.30. The van der Waals surface area contributed by atoms with Crippen molar-refractivity contribution in [2.75, 3.05) is 0 Å². The van der Waals surface area contributed by atoms with Crippen LogP contribution in [0, 0.1) is 11.3 Å². The maximum absolute atomic E-state index is 9.04. The van der Waals surface area contributed by atoms with Crippen LogP contribution in [0.2, 0.25) is 5.02 Å². The number of para-hydroxylation sites is 1. The monoisotopic (exact) mass is 257 g/mol. The third-order valence-corrected chi connectivity index (χ3v) is 2.87. The van der Waals surface area contributed by atoms with E-state index in [9.17, 15) is 0 Å². The second-order valence-electron chi connectivity index (χ2n) is 3.82. The van der Waals surface area contributed by atoms with Crippen molar-refractivity contribution >= 4 is 11.6 Å². The molecule has 3 heteroatoms. The molecule has 0 aliphatic heterocycles. The van der Waals surface area contributed by atoms with Gasteiger partial charge in [-0.1, -0.05) is 36.7 Å². The summed E-state index contributed by atoms with van der Waals surface area (Å²) in [5, 5.41) is 9.59. The molecule has 0 saturated heterocycles. The molecule has 18 heavy (non-hydrogen) atoms. The van der Waals surface area contributed by atoms with Crippen molar-refractivity contribution in [3.8, 4) is 17.6 Å². The van der Waals surface area contributed by atoms with Gasteiger partial charge in [-0.2, -0.15) is 5.26 Å². The van der Waals surface area contributed by atoms with E-state index in [0.717, 1.165) is 17.7 Å². The summed E-state index contributed by atoms with van der Waals surface area (Å²) in [5.74, 6) is 1.25. The predicted octanol–water partition coefficient (Wildman–Crippen LogP) is 4.57. The Balaban J connectivity index is 2.40. The Morgan fingerprint density at radius 1 is 1.17 bits per heavy atom. The largest absolute Gasteiger partial charge is 0.456 e. The van der Waals surface area contributed by atoms with E-state index in [0.29, 0.717) is 16.3 Å². The number of aryl methyl sites for hydroxylation is 1. The molecule has 2 aromatic carbocycles. The predicted molar refractivity (Wildman–Crippen MR) is 72.1 cm³/mol. The summed E-state index contributed by atoms with van der Waals surface area (Å²) in [6, 6.07) is 14.9. The fraction of sp³-hybridized carbons (Fsp3) is 0.133. The zero-order chi connectivity index (χ0) is 13.0. The molecule has 90 valence electrons. The smallest absolute Gasteiger partial charge is 0.146 e. The van der Waals surface area contributed by atoms with E-state index in [1.807, 2.05) is 24.3 Å². The number of nitriles is 1. The van der Waals surface area contributed by atoms with E-state index < -0.39 is 0 Å². The first-order chi connectivity index (χ1) is 8.74. The SMILES string of the molecule is CCc1ccccc1Oc1cc(Cl)ccc1C#N. The maximum Gasteiger partial charge on any atom is 0.146 e. The molecule has 0 unspecified atom stereocenters. The Kier molecular flexibility index (Phi) is 3.86. The molecule has 0 bridgehead atoms. The number of benzene rings is 2. The summed E-state index contributed by atoms with van der Waals surface area (Å²) in [7, 11) is 0. The number of ether oxygens (including phenoxy) is 1. The summed E-state index contributed by atoms with van der Waals surface area (Å²) >= 11 is 5.92. The number of rotatable bonds is 3. The van der Waals surface area contributed by atoms with Crippen molar-refractivity contribution in [1.29, 1.82) is 5.26 Å². The van der Waals surface area contributed by atoms with Gasteiger partial charge >= 0.3 is 0 Å².